The fourth-order valence-electron chi connectivity index (χ4n) is 4.21. The standard InChI is InChI=1S/C26H16N2O8S/c29-23-17-9-7-15(26(32)33)12-18(17)24(30)21(23)19-10-8-13-3-2-6-20(22(13)27-19)28-25(31)14-4-1-5-16(11-14)37(34,35)36/h1-12,21H,(H,28,31)(H,32,33)(H,34,35,36). The van der Waals surface area contributed by atoms with E-state index in [1.54, 1.807) is 24.3 Å². The molecule has 0 radical (unpaired) electrons. The number of nitrogens with one attached hydrogen (secondary N) is 1. The first-order chi connectivity index (χ1) is 17.5. The molecule has 3 N–H and O–H groups in total. The minimum atomic E-state index is -4.51. The number of hydrogen-bond acceptors (Lipinski definition) is 7. The molecule has 3 aromatic carbocycles. The molecule has 11 heteroatoms. The maximum Gasteiger partial charge on any atom is 0.335 e. The fraction of sp³-hybridized carbons (Fsp3) is 0.0385. The van der Waals surface area contributed by atoms with Crippen LogP contribution in [-0.2, 0) is 10.1 Å². The zero-order chi connectivity index (χ0) is 26.5. The zero-order valence-electron chi connectivity index (χ0n) is 18.7. The number of nitrogens with zero attached hydrogens (tertiary/aromatic N) is 1. The van der Waals surface area contributed by atoms with E-state index in [2.05, 4.69) is 10.3 Å². The monoisotopic (exact) mass is 516 g/mol. The molecule has 0 aliphatic heterocycles. The Kier molecular flexibility index (Phi) is 5.66. The number of fused-ring (bicyclic) bond motifs is 2. The Labute approximate surface area is 209 Å². The van der Waals surface area contributed by atoms with E-state index in [1.165, 1.54) is 36.4 Å². The summed E-state index contributed by atoms with van der Waals surface area (Å²) in [6, 6.07) is 16.7. The van der Waals surface area contributed by atoms with Crippen LogP contribution in [0.15, 0.2) is 77.7 Å². The van der Waals surface area contributed by atoms with Crippen molar-refractivity contribution in [2.24, 2.45) is 0 Å². The summed E-state index contributed by atoms with van der Waals surface area (Å²) < 4.78 is 32.1. The molecular formula is C26H16N2O8S. The summed E-state index contributed by atoms with van der Waals surface area (Å²) in [5, 5.41) is 12.5. The fourth-order valence-corrected chi connectivity index (χ4v) is 4.74. The number of carboxylic acids is 1. The van der Waals surface area contributed by atoms with Crippen molar-refractivity contribution < 1.29 is 37.3 Å². The van der Waals surface area contributed by atoms with Crippen LogP contribution in [0.5, 0.6) is 0 Å². The van der Waals surface area contributed by atoms with Crippen LogP contribution in [0, 0.1) is 0 Å². The van der Waals surface area contributed by atoms with Crippen molar-refractivity contribution in [3.05, 3.63) is 101 Å². The van der Waals surface area contributed by atoms with Gasteiger partial charge in [-0.2, -0.15) is 8.42 Å². The van der Waals surface area contributed by atoms with Gasteiger partial charge in [0.2, 0.25) is 0 Å². The van der Waals surface area contributed by atoms with Gasteiger partial charge in [-0.05, 0) is 48.5 Å². The highest BCUT2D eigenvalue weighted by atomic mass is 32.2. The van der Waals surface area contributed by atoms with E-state index >= 15 is 0 Å². The molecule has 1 aliphatic rings. The van der Waals surface area contributed by atoms with E-state index < -0.39 is 44.4 Å². The molecular weight excluding hydrogens is 500 g/mol. The molecule has 0 spiro atoms. The van der Waals surface area contributed by atoms with Crippen LogP contribution < -0.4 is 5.32 Å². The number of aromatic nitrogens is 1. The molecule has 0 bridgehead atoms. The molecule has 0 fully saturated rings. The minimum Gasteiger partial charge on any atom is -0.478 e. The van der Waals surface area contributed by atoms with Crippen LogP contribution in [-0.4, -0.2) is 46.5 Å². The number of carbonyl (C=O) groups is 4. The maximum atomic E-state index is 13.1. The van der Waals surface area contributed by atoms with E-state index in [9.17, 15) is 37.3 Å². The number of aromatic carboxylic acids is 1. The van der Waals surface area contributed by atoms with Gasteiger partial charge in [0.25, 0.3) is 16.0 Å². The van der Waals surface area contributed by atoms with Gasteiger partial charge in [0.1, 0.15) is 5.92 Å². The third kappa shape index (κ3) is 4.26. The molecule has 184 valence electrons. The second-order valence-electron chi connectivity index (χ2n) is 8.30. The summed E-state index contributed by atoms with van der Waals surface area (Å²) in [4.78, 5) is 54.3. The Morgan fingerprint density at radius 3 is 2.30 bits per heavy atom. The van der Waals surface area contributed by atoms with E-state index in [1.807, 2.05) is 0 Å². The number of anilines is 1. The molecule has 0 saturated carbocycles. The van der Waals surface area contributed by atoms with Crippen LogP contribution in [0.25, 0.3) is 10.9 Å². The number of Topliss-reactive ketones (excluding diaryl/α,β-unsaturated/α-hetero) is 2. The van der Waals surface area contributed by atoms with Crippen LogP contribution in [0.2, 0.25) is 0 Å². The Hall–Kier alpha value is -4.74. The summed E-state index contributed by atoms with van der Waals surface area (Å²) in [7, 11) is -4.51. The van der Waals surface area contributed by atoms with Crippen LogP contribution in [0.1, 0.15) is 53.0 Å². The number of hydrogen-bond donors (Lipinski definition) is 3. The smallest absolute Gasteiger partial charge is 0.335 e. The first-order valence-electron chi connectivity index (χ1n) is 10.8. The lowest BCUT2D eigenvalue weighted by atomic mass is 9.98. The number of rotatable bonds is 5. The second-order valence-corrected chi connectivity index (χ2v) is 9.72. The van der Waals surface area contributed by atoms with E-state index in [-0.39, 0.29) is 39.2 Å². The first-order valence-corrected chi connectivity index (χ1v) is 12.2. The quantitative estimate of drug-likeness (QED) is 0.265. The Morgan fingerprint density at radius 1 is 0.838 bits per heavy atom. The topological polar surface area (TPSA) is 168 Å². The highest BCUT2D eigenvalue weighted by Gasteiger charge is 2.41. The molecule has 10 nitrogen and oxygen atoms in total. The number of carboxylic acid groups (broad SMARTS) is 1. The van der Waals surface area contributed by atoms with E-state index in [0.29, 0.717) is 5.39 Å². The largest absolute Gasteiger partial charge is 0.478 e. The van der Waals surface area contributed by atoms with Gasteiger partial charge in [-0.15, -0.1) is 0 Å². The van der Waals surface area contributed by atoms with Gasteiger partial charge in [0.15, 0.2) is 11.6 Å². The van der Waals surface area contributed by atoms with Gasteiger partial charge < -0.3 is 10.4 Å². The summed E-state index contributed by atoms with van der Waals surface area (Å²) in [6.07, 6.45) is 0. The molecule has 0 saturated heterocycles. The number of benzene rings is 3. The molecule has 37 heavy (non-hydrogen) atoms. The van der Waals surface area contributed by atoms with Gasteiger partial charge in [-0.3, -0.25) is 18.9 Å². The normalized spacial score (nSPS) is 15.0. The summed E-state index contributed by atoms with van der Waals surface area (Å²) in [6.45, 7) is 0. The van der Waals surface area contributed by atoms with Crippen molar-refractivity contribution in [2.45, 2.75) is 10.8 Å². The predicted molar refractivity (Wildman–Crippen MR) is 131 cm³/mol. The molecule has 1 amide bonds. The lowest BCUT2D eigenvalue weighted by Crippen LogP contribution is -2.16. The van der Waals surface area contributed by atoms with Gasteiger partial charge in [0.05, 0.1) is 27.4 Å². The summed E-state index contributed by atoms with van der Waals surface area (Å²) in [5.74, 6) is -4.24. The molecule has 1 unspecified atom stereocenters. The third-order valence-corrected chi connectivity index (χ3v) is 6.85. The molecule has 1 heterocycles. The third-order valence-electron chi connectivity index (χ3n) is 6.00. The number of para-hydroxylation sites is 1. The van der Waals surface area contributed by atoms with Gasteiger partial charge in [-0.1, -0.05) is 24.3 Å². The SMILES string of the molecule is O=C(O)c1ccc2c(c1)C(=O)C(c1ccc3cccc(NC(=O)c4cccc(S(=O)(=O)O)c4)c3n1)C2=O. The van der Waals surface area contributed by atoms with Crippen molar-refractivity contribution in [3.8, 4) is 0 Å². The van der Waals surface area contributed by atoms with Crippen molar-refractivity contribution in [3.63, 3.8) is 0 Å². The maximum absolute atomic E-state index is 13.1. The Bertz CT molecular complexity index is 1780. The van der Waals surface area contributed by atoms with E-state index in [4.69, 9.17) is 0 Å². The minimum absolute atomic E-state index is 0.0112. The van der Waals surface area contributed by atoms with Crippen molar-refractivity contribution in [1.29, 1.82) is 0 Å². The lowest BCUT2D eigenvalue weighted by molar-refractivity contribution is 0.0696. The first kappa shape index (κ1) is 24.0. The van der Waals surface area contributed by atoms with Crippen molar-refractivity contribution >= 4 is 50.2 Å². The van der Waals surface area contributed by atoms with Gasteiger partial charge >= 0.3 is 5.97 Å². The highest BCUT2D eigenvalue weighted by molar-refractivity contribution is 7.85. The average Bonchev–Trinajstić information content (AvgIpc) is 3.12. The van der Waals surface area contributed by atoms with Gasteiger partial charge in [-0.25, -0.2) is 9.78 Å². The Balaban J connectivity index is 1.51. The molecule has 1 aromatic heterocycles. The van der Waals surface area contributed by atoms with Gasteiger partial charge in [0, 0.05) is 22.1 Å². The predicted octanol–water partition coefficient (Wildman–Crippen LogP) is 3.59. The number of carbonyl (C=O) groups excluding carboxylic acids is 3. The number of pyridine rings is 1. The van der Waals surface area contributed by atoms with Crippen molar-refractivity contribution in [2.75, 3.05) is 5.32 Å². The number of amides is 1. The molecule has 1 aliphatic carbocycles. The van der Waals surface area contributed by atoms with Crippen LogP contribution >= 0.6 is 0 Å². The number of ketones is 2. The lowest BCUT2D eigenvalue weighted by Gasteiger charge is -2.12. The molecule has 5 rings (SSSR count). The summed E-state index contributed by atoms with van der Waals surface area (Å²) in [5.41, 5.74) is 0.626. The van der Waals surface area contributed by atoms with Crippen LogP contribution in [0.4, 0.5) is 5.69 Å². The van der Waals surface area contributed by atoms with Crippen LogP contribution in [0.3, 0.4) is 0 Å². The zero-order valence-corrected chi connectivity index (χ0v) is 19.5. The molecule has 4 aromatic rings. The van der Waals surface area contributed by atoms with E-state index in [0.717, 1.165) is 12.1 Å². The van der Waals surface area contributed by atoms with Crippen molar-refractivity contribution in [1.82, 2.24) is 4.98 Å². The summed E-state index contributed by atoms with van der Waals surface area (Å²) >= 11 is 0. The average molecular weight is 516 g/mol. The highest BCUT2D eigenvalue weighted by Crippen LogP contribution is 2.35. The Morgan fingerprint density at radius 2 is 1.57 bits per heavy atom. The molecule has 1 atom stereocenters. The second kappa shape index (κ2) is 8.73.